The fourth-order valence-electron chi connectivity index (χ4n) is 0.713. The summed E-state index contributed by atoms with van der Waals surface area (Å²) in [5.74, 6) is 1.20. The van der Waals surface area contributed by atoms with Gasteiger partial charge in [-0.3, -0.25) is 0 Å². The molecule has 0 heterocycles. The average molecular weight is 183 g/mol. The maximum atomic E-state index is 5.88. The summed E-state index contributed by atoms with van der Waals surface area (Å²) in [5, 5.41) is 0.206. The van der Waals surface area contributed by atoms with Gasteiger partial charge in [-0.05, 0) is 24.9 Å². The van der Waals surface area contributed by atoms with E-state index in [2.05, 4.69) is 6.26 Å². The van der Waals surface area contributed by atoms with Gasteiger partial charge >= 0.3 is 0 Å². The molecule has 3 heteroatoms. The molecule has 0 radical (unpaired) electrons. The Hall–Kier alpha value is 0.600. The summed E-state index contributed by atoms with van der Waals surface area (Å²) in [5.41, 5.74) is 0. The Morgan fingerprint density at radius 3 is 2.80 bits per heavy atom. The molecular formula is C7H15ClOS. The molecule has 0 rings (SSSR count). The molecule has 10 heavy (non-hydrogen) atoms. The SMILES string of the molecule is COCC(Cl)CCCSC. The van der Waals surface area contributed by atoms with Crippen molar-refractivity contribution in [1.82, 2.24) is 0 Å². The molecule has 0 aliphatic carbocycles. The summed E-state index contributed by atoms with van der Waals surface area (Å²) in [6.07, 6.45) is 4.37. The van der Waals surface area contributed by atoms with Crippen molar-refractivity contribution >= 4 is 23.4 Å². The smallest absolute Gasteiger partial charge is 0.0626 e. The van der Waals surface area contributed by atoms with Gasteiger partial charge < -0.3 is 4.74 Å². The summed E-state index contributed by atoms with van der Waals surface area (Å²) < 4.78 is 4.90. The quantitative estimate of drug-likeness (QED) is 0.461. The maximum Gasteiger partial charge on any atom is 0.0626 e. The van der Waals surface area contributed by atoms with Crippen molar-refractivity contribution in [1.29, 1.82) is 0 Å². The van der Waals surface area contributed by atoms with Gasteiger partial charge in [0.2, 0.25) is 0 Å². The molecular weight excluding hydrogens is 168 g/mol. The van der Waals surface area contributed by atoms with Gasteiger partial charge in [0.15, 0.2) is 0 Å². The lowest BCUT2D eigenvalue weighted by Crippen LogP contribution is -2.06. The van der Waals surface area contributed by atoms with Crippen LogP contribution in [0.25, 0.3) is 0 Å². The largest absolute Gasteiger partial charge is 0.383 e. The van der Waals surface area contributed by atoms with E-state index >= 15 is 0 Å². The van der Waals surface area contributed by atoms with Crippen LogP contribution in [0.3, 0.4) is 0 Å². The zero-order chi connectivity index (χ0) is 7.82. The van der Waals surface area contributed by atoms with Gasteiger partial charge in [0, 0.05) is 7.11 Å². The van der Waals surface area contributed by atoms with Gasteiger partial charge in [0.05, 0.1) is 12.0 Å². The van der Waals surface area contributed by atoms with Crippen molar-refractivity contribution in [2.45, 2.75) is 18.2 Å². The highest BCUT2D eigenvalue weighted by atomic mass is 35.5. The van der Waals surface area contributed by atoms with Crippen molar-refractivity contribution in [2.24, 2.45) is 0 Å². The van der Waals surface area contributed by atoms with Gasteiger partial charge in [0.1, 0.15) is 0 Å². The predicted molar refractivity (Wildman–Crippen MR) is 49.1 cm³/mol. The highest BCUT2D eigenvalue weighted by Gasteiger charge is 2.01. The molecule has 1 nitrogen and oxygen atoms in total. The molecule has 0 spiro atoms. The second-order valence-electron chi connectivity index (χ2n) is 2.19. The summed E-state index contributed by atoms with van der Waals surface area (Å²) in [7, 11) is 1.68. The van der Waals surface area contributed by atoms with E-state index in [0.29, 0.717) is 6.61 Å². The second-order valence-corrected chi connectivity index (χ2v) is 3.79. The molecule has 1 unspecified atom stereocenters. The van der Waals surface area contributed by atoms with Crippen LogP contribution in [0.4, 0.5) is 0 Å². The molecule has 0 N–H and O–H groups in total. The molecule has 0 saturated carbocycles. The van der Waals surface area contributed by atoms with E-state index in [4.69, 9.17) is 16.3 Å². The molecule has 0 saturated heterocycles. The summed E-state index contributed by atoms with van der Waals surface area (Å²) in [4.78, 5) is 0. The minimum Gasteiger partial charge on any atom is -0.383 e. The van der Waals surface area contributed by atoms with Crippen LogP contribution in [0.15, 0.2) is 0 Å². The minimum atomic E-state index is 0.206. The number of thioether (sulfide) groups is 1. The lowest BCUT2D eigenvalue weighted by Gasteiger charge is -2.05. The molecule has 0 aliphatic heterocycles. The number of halogens is 1. The van der Waals surface area contributed by atoms with Crippen molar-refractivity contribution in [2.75, 3.05) is 25.7 Å². The number of alkyl halides is 1. The van der Waals surface area contributed by atoms with Crippen LogP contribution in [-0.4, -0.2) is 31.1 Å². The van der Waals surface area contributed by atoms with E-state index < -0.39 is 0 Å². The van der Waals surface area contributed by atoms with Crippen molar-refractivity contribution in [3.63, 3.8) is 0 Å². The van der Waals surface area contributed by atoms with Crippen LogP contribution in [0.1, 0.15) is 12.8 Å². The summed E-state index contributed by atoms with van der Waals surface area (Å²) in [6, 6.07) is 0. The molecule has 0 aromatic rings. The van der Waals surface area contributed by atoms with Crippen molar-refractivity contribution < 1.29 is 4.74 Å². The van der Waals surface area contributed by atoms with Gasteiger partial charge in [-0.1, -0.05) is 0 Å². The third-order valence-corrected chi connectivity index (χ3v) is 2.25. The zero-order valence-corrected chi connectivity index (χ0v) is 8.17. The Labute approximate surface area is 72.5 Å². The first kappa shape index (κ1) is 10.6. The third kappa shape index (κ3) is 6.72. The Kier molecular flexibility index (Phi) is 8.17. The average Bonchev–Trinajstić information content (AvgIpc) is 1.89. The highest BCUT2D eigenvalue weighted by molar-refractivity contribution is 7.98. The van der Waals surface area contributed by atoms with Crippen LogP contribution in [-0.2, 0) is 4.74 Å². The van der Waals surface area contributed by atoms with E-state index in [1.807, 2.05) is 11.8 Å². The normalized spacial score (nSPS) is 13.5. The topological polar surface area (TPSA) is 9.23 Å². The van der Waals surface area contributed by atoms with Crippen LogP contribution in [0, 0.1) is 0 Å². The van der Waals surface area contributed by atoms with Crippen LogP contribution < -0.4 is 0 Å². The lowest BCUT2D eigenvalue weighted by atomic mass is 10.2. The number of methoxy groups -OCH3 is 1. The highest BCUT2D eigenvalue weighted by Crippen LogP contribution is 2.08. The Morgan fingerprint density at radius 2 is 2.30 bits per heavy atom. The molecule has 1 atom stereocenters. The van der Waals surface area contributed by atoms with Crippen molar-refractivity contribution in [3.8, 4) is 0 Å². The van der Waals surface area contributed by atoms with Crippen LogP contribution in [0.2, 0.25) is 0 Å². The van der Waals surface area contributed by atoms with E-state index in [1.165, 1.54) is 12.2 Å². The molecule has 0 fully saturated rings. The Balaban J connectivity index is 2.97. The third-order valence-electron chi connectivity index (χ3n) is 1.21. The van der Waals surface area contributed by atoms with Gasteiger partial charge in [0.25, 0.3) is 0 Å². The predicted octanol–water partition coefficient (Wildman–Crippen LogP) is 2.38. The fraction of sp³-hybridized carbons (Fsp3) is 1.00. The molecule has 0 aromatic heterocycles. The number of hydrogen-bond donors (Lipinski definition) is 0. The van der Waals surface area contributed by atoms with Crippen molar-refractivity contribution in [3.05, 3.63) is 0 Å². The standard InChI is InChI=1S/C7H15ClOS/c1-9-6-7(8)4-3-5-10-2/h7H,3-6H2,1-2H3. The molecule has 0 aromatic carbocycles. The number of ether oxygens (including phenoxy) is 1. The molecule has 62 valence electrons. The van der Waals surface area contributed by atoms with Crippen LogP contribution >= 0.6 is 23.4 Å². The van der Waals surface area contributed by atoms with E-state index in [9.17, 15) is 0 Å². The first-order chi connectivity index (χ1) is 4.81. The number of rotatable bonds is 6. The zero-order valence-electron chi connectivity index (χ0n) is 6.60. The lowest BCUT2D eigenvalue weighted by molar-refractivity contribution is 0.195. The summed E-state index contributed by atoms with van der Waals surface area (Å²) in [6.45, 7) is 0.677. The van der Waals surface area contributed by atoms with E-state index in [-0.39, 0.29) is 5.38 Å². The second kappa shape index (κ2) is 7.70. The minimum absolute atomic E-state index is 0.206. The first-order valence-electron chi connectivity index (χ1n) is 3.43. The van der Waals surface area contributed by atoms with E-state index in [0.717, 1.165) is 6.42 Å². The van der Waals surface area contributed by atoms with Crippen LogP contribution in [0.5, 0.6) is 0 Å². The molecule has 0 aliphatic rings. The fourth-order valence-corrected chi connectivity index (χ4v) is 1.45. The van der Waals surface area contributed by atoms with Gasteiger partial charge in [-0.2, -0.15) is 11.8 Å². The van der Waals surface area contributed by atoms with Gasteiger partial charge in [-0.25, -0.2) is 0 Å². The first-order valence-corrected chi connectivity index (χ1v) is 5.26. The summed E-state index contributed by atoms with van der Waals surface area (Å²) >= 11 is 7.74. The number of hydrogen-bond acceptors (Lipinski definition) is 2. The maximum absolute atomic E-state index is 5.88. The molecule has 0 bridgehead atoms. The molecule has 0 amide bonds. The Bertz CT molecular complexity index is 70.6. The van der Waals surface area contributed by atoms with Gasteiger partial charge in [-0.15, -0.1) is 11.6 Å². The monoisotopic (exact) mass is 182 g/mol. The Morgan fingerprint density at radius 1 is 1.60 bits per heavy atom. The van der Waals surface area contributed by atoms with E-state index in [1.54, 1.807) is 7.11 Å².